The van der Waals surface area contributed by atoms with Crippen molar-refractivity contribution >= 4 is 21.6 Å². The first-order valence-corrected chi connectivity index (χ1v) is 8.14. The summed E-state index contributed by atoms with van der Waals surface area (Å²) in [5.74, 6) is -1.41. The maximum atomic E-state index is 13.9. The number of rotatable bonds is 4. The minimum absolute atomic E-state index is 0.152. The van der Waals surface area contributed by atoms with Crippen LogP contribution in [0.3, 0.4) is 0 Å². The van der Waals surface area contributed by atoms with E-state index in [2.05, 4.69) is 10.0 Å². The number of nitrogens with one attached hydrogen (secondary N) is 2. The molecule has 0 aromatic heterocycles. The summed E-state index contributed by atoms with van der Waals surface area (Å²) < 4.78 is 40.6. The van der Waals surface area contributed by atoms with Crippen LogP contribution in [0.15, 0.2) is 23.1 Å². The lowest BCUT2D eigenvalue weighted by molar-refractivity contribution is -0.120. The fourth-order valence-electron chi connectivity index (χ4n) is 1.54. The lowest BCUT2D eigenvalue weighted by atomic mass is 10.1. The summed E-state index contributed by atoms with van der Waals surface area (Å²) in [6.07, 6.45) is 0. The van der Waals surface area contributed by atoms with Crippen LogP contribution < -0.4 is 15.8 Å². The molecule has 124 valence electrons. The summed E-state index contributed by atoms with van der Waals surface area (Å²) in [5.41, 5.74) is 3.90. The molecule has 4 N–H and O–H groups in total. The van der Waals surface area contributed by atoms with Crippen molar-refractivity contribution in [3.05, 3.63) is 24.0 Å². The van der Waals surface area contributed by atoms with Crippen LogP contribution in [0.2, 0.25) is 0 Å². The quantitative estimate of drug-likeness (QED) is 0.779. The maximum Gasteiger partial charge on any atom is 0.244 e. The van der Waals surface area contributed by atoms with E-state index in [4.69, 9.17) is 5.73 Å². The van der Waals surface area contributed by atoms with Gasteiger partial charge in [0.15, 0.2) is 0 Å². The Labute approximate surface area is 130 Å². The third-order valence-electron chi connectivity index (χ3n) is 2.50. The fourth-order valence-corrected chi connectivity index (χ4v) is 3.06. The Morgan fingerprint density at radius 3 is 2.18 bits per heavy atom. The second-order valence-corrected chi connectivity index (χ2v) is 8.33. The Balaban J connectivity index is 3.18. The van der Waals surface area contributed by atoms with Crippen LogP contribution in [0.1, 0.15) is 34.6 Å². The Bertz CT molecular complexity index is 674. The third-order valence-corrected chi connectivity index (χ3v) is 4.28. The van der Waals surface area contributed by atoms with Gasteiger partial charge in [0, 0.05) is 11.2 Å². The van der Waals surface area contributed by atoms with Crippen LogP contribution in [-0.4, -0.2) is 25.4 Å². The van der Waals surface area contributed by atoms with Crippen molar-refractivity contribution in [2.24, 2.45) is 5.73 Å². The number of carbonyl (C=O) groups is 1. The summed E-state index contributed by atoms with van der Waals surface area (Å²) in [7, 11) is -4.05. The van der Waals surface area contributed by atoms with E-state index in [0.29, 0.717) is 0 Å². The molecule has 0 bridgehead atoms. The predicted octanol–water partition coefficient (Wildman–Crippen LogP) is 1.58. The van der Waals surface area contributed by atoms with Crippen LogP contribution >= 0.6 is 0 Å². The molecule has 22 heavy (non-hydrogen) atoms. The van der Waals surface area contributed by atoms with Crippen LogP contribution in [0, 0.1) is 5.82 Å². The molecule has 0 saturated heterocycles. The number of hydrogen-bond acceptors (Lipinski definition) is 4. The van der Waals surface area contributed by atoms with Crippen molar-refractivity contribution < 1.29 is 17.6 Å². The number of hydrogen-bond donors (Lipinski definition) is 3. The first kappa shape index (κ1) is 18.5. The fraction of sp³-hybridized carbons (Fsp3) is 0.500. The van der Waals surface area contributed by atoms with Gasteiger partial charge in [0.1, 0.15) is 10.7 Å². The highest BCUT2D eigenvalue weighted by atomic mass is 32.2. The van der Waals surface area contributed by atoms with E-state index in [1.54, 1.807) is 20.8 Å². The number of benzene rings is 1. The van der Waals surface area contributed by atoms with Crippen LogP contribution in [-0.2, 0) is 14.8 Å². The van der Waals surface area contributed by atoms with Gasteiger partial charge in [-0.3, -0.25) is 4.79 Å². The van der Waals surface area contributed by atoms with E-state index in [1.807, 2.05) is 0 Å². The highest BCUT2D eigenvalue weighted by Crippen LogP contribution is 2.21. The minimum Gasteiger partial charge on any atom is -0.324 e. The predicted molar refractivity (Wildman–Crippen MR) is 83.4 cm³/mol. The number of sulfonamides is 1. The summed E-state index contributed by atoms with van der Waals surface area (Å²) in [5, 5.41) is 2.46. The second kappa shape index (κ2) is 5.94. The monoisotopic (exact) mass is 331 g/mol. The van der Waals surface area contributed by atoms with Gasteiger partial charge in [-0.25, -0.2) is 17.5 Å². The zero-order valence-electron chi connectivity index (χ0n) is 13.3. The van der Waals surface area contributed by atoms with Gasteiger partial charge in [-0.05, 0) is 52.8 Å². The summed E-state index contributed by atoms with van der Waals surface area (Å²) >= 11 is 0. The number of amides is 1. The van der Waals surface area contributed by atoms with Crippen LogP contribution in [0.25, 0.3) is 0 Å². The second-order valence-electron chi connectivity index (χ2n) is 6.68. The lowest BCUT2D eigenvalue weighted by Gasteiger charge is -2.21. The molecule has 6 nitrogen and oxygen atoms in total. The molecule has 0 aliphatic carbocycles. The van der Waals surface area contributed by atoms with E-state index in [9.17, 15) is 17.6 Å². The molecule has 0 unspecified atom stereocenters. The van der Waals surface area contributed by atoms with Crippen molar-refractivity contribution in [3.8, 4) is 0 Å². The third kappa shape index (κ3) is 5.04. The van der Waals surface area contributed by atoms with Crippen LogP contribution in [0.4, 0.5) is 10.1 Å². The smallest absolute Gasteiger partial charge is 0.244 e. The number of anilines is 1. The molecule has 1 rings (SSSR count). The Morgan fingerprint density at radius 2 is 1.73 bits per heavy atom. The minimum atomic E-state index is -4.05. The van der Waals surface area contributed by atoms with Gasteiger partial charge in [0.05, 0.1) is 5.54 Å². The topological polar surface area (TPSA) is 101 Å². The Kier molecular flexibility index (Phi) is 5.01. The average Bonchev–Trinajstić information content (AvgIpc) is 2.26. The van der Waals surface area contributed by atoms with Gasteiger partial charge in [-0.2, -0.15) is 0 Å². The van der Waals surface area contributed by atoms with Crippen molar-refractivity contribution in [1.29, 1.82) is 0 Å². The molecule has 0 aliphatic rings. The zero-order chi connectivity index (χ0) is 17.3. The van der Waals surface area contributed by atoms with Crippen molar-refractivity contribution in [2.75, 3.05) is 5.32 Å². The molecule has 0 spiro atoms. The van der Waals surface area contributed by atoms with Crippen molar-refractivity contribution in [1.82, 2.24) is 4.72 Å². The largest absolute Gasteiger partial charge is 0.324 e. The summed E-state index contributed by atoms with van der Waals surface area (Å²) in [6, 6.07) is 3.32. The lowest BCUT2D eigenvalue weighted by Crippen LogP contribution is -2.45. The highest BCUT2D eigenvalue weighted by Gasteiger charge is 2.26. The number of nitrogens with two attached hydrogens (primary N) is 1. The van der Waals surface area contributed by atoms with E-state index >= 15 is 0 Å². The molecule has 1 amide bonds. The first-order valence-electron chi connectivity index (χ1n) is 6.66. The molecule has 8 heteroatoms. The molecule has 1 aromatic rings. The van der Waals surface area contributed by atoms with Gasteiger partial charge in [-0.1, -0.05) is 0 Å². The molecular formula is C14H22FN3O3S. The first-order chi connectivity index (χ1) is 9.72. The SMILES string of the molecule is CC(C)(C)NS(=O)(=O)c1cc(NC(=O)C(C)(C)N)ccc1F. The van der Waals surface area contributed by atoms with Crippen LogP contribution in [0.5, 0.6) is 0 Å². The molecule has 0 atom stereocenters. The van der Waals surface area contributed by atoms with E-state index in [-0.39, 0.29) is 5.69 Å². The molecule has 0 heterocycles. The number of halogens is 1. The molecule has 0 saturated carbocycles. The standard InChI is InChI=1S/C14H22FN3O3S/c1-13(2,3)18-22(20,21)11-8-9(6-7-10(11)15)17-12(19)14(4,5)16/h6-8,18H,16H2,1-5H3,(H,17,19). The molecular weight excluding hydrogens is 309 g/mol. The highest BCUT2D eigenvalue weighted by molar-refractivity contribution is 7.89. The molecule has 0 aliphatic heterocycles. The maximum absolute atomic E-state index is 13.9. The van der Waals surface area contributed by atoms with Gasteiger partial charge >= 0.3 is 0 Å². The summed E-state index contributed by atoms with van der Waals surface area (Å²) in [6.45, 7) is 7.94. The van der Waals surface area contributed by atoms with E-state index < -0.39 is 37.7 Å². The van der Waals surface area contributed by atoms with Gasteiger partial charge in [0.2, 0.25) is 15.9 Å². The zero-order valence-corrected chi connectivity index (χ0v) is 14.1. The molecule has 0 radical (unpaired) electrons. The molecule has 1 aromatic carbocycles. The normalized spacial score (nSPS) is 13.0. The number of carbonyl (C=O) groups excluding carboxylic acids is 1. The van der Waals surface area contributed by atoms with E-state index in [1.165, 1.54) is 19.9 Å². The van der Waals surface area contributed by atoms with Crippen molar-refractivity contribution in [2.45, 2.75) is 50.6 Å². The van der Waals surface area contributed by atoms with E-state index in [0.717, 1.165) is 12.1 Å². The van der Waals surface area contributed by atoms with Crippen molar-refractivity contribution in [3.63, 3.8) is 0 Å². The summed E-state index contributed by atoms with van der Waals surface area (Å²) in [4.78, 5) is 11.3. The van der Waals surface area contributed by atoms with Gasteiger partial charge in [0.25, 0.3) is 0 Å². The Morgan fingerprint density at radius 1 is 1.18 bits per heavy atom. The Hall–Kier alpha value is -1.51. The average molecular weight is 331 g/mol. The molecule has 0 fully saturated rings. The van der Waals surface area contributed by atoms with Gasteiger partial charge in [-0.15, -0.1) is 0 Å². The van der Waals surface area contributed by atoms with Gasteiger partial charge < -0.3 is 11.1 Å².